The number of nitrogens with one attached hydrogen (secondary N) is 1. The van der Waals surface area contributed by atoms with Crippen LogP contribution in [-0.4, -0.2) is 32.1 Å². The molecular weight excluding hydrogens is 471 g/mol. The van der Waals surface area contributed by atoms with Crippen molar-refractivity contribution in [2.24, 2.45) is 0 Å². The van der Waals surface area contributed by atoms with Crippen LogP contribution in [0.25, 0.3) is 17.5 Å². The maximum atomic E-state index is 13.2. The number of imidazole rings is 1. The molecule has 0 saturated carbocycles. The first-order chi connectivity index (χ1) is 16.1. The van der Waals surface area contributed by atoms with Crippen molar-refractivity contribution in [2.75, 3.05) is 11.9 Å². The van der Waals surface area contributed by atoms with Gasteiger partial charge in [0.05, 0.1) is 6.61 Å². The van der Waals surface area contributed by atoms with Crippen molar-refractivity contribution in [1.82, 2.24) is 19.5 Å². The van der Waals surface area contributed by atoms with Crippen molar-refractivity contribution in [3.63, 3.8) is 0 Å². The molecule has 0 unspecified atom stereocenters. The summed E-state index contributed by atoms with van der Waals surface area (Å²) in [4.78, 5) is 23.5. The summed E-state index contributed by atoms with van der Waals surface area (Å²) in [6.45, 7) is 5.91. The fraction of sp³-hybridized carbons (Fsp3) is 0.304. The molecule has 2 heterocycles. The predicted molar refractivity (Wildman–Crippen MR) is 123 cm³/mol. The highest BCUT2D eigenvalue weighted by molar-refractivity contribution is 6.28. The van der Waals surface area contributed by atoms with Crippen LogP contribution in [0.5, 0.6) is 0 Å². The van der Waals surface area contributed by atoms with Crippen molar-refractivity contribution in [3.8, 4) is 11.4 Å². The number of esters is 1. The molecule has 0 saturated heterocycles. The van der Waals surface area contributed by atoms with E-state index in [2.05, 4.69) is 20.3 Å². The Morgan fingerprint density at radius 1 is 1.24 bits per heavy atom. The Labute approximate surface area is 199 Å². The molecule has 1 aromatic carbocycles. The number of carbonyl (C=O) groups is 1. The van der Waals surface area contributed by atoms with E-state index in [1.807, 2.05) is 0 Å². The van der Waals surface area contributed by atoms with E-state index < -0.39 is 17.8 Å². The van der Waals surface area contributed by atoms with Crippen LogP contribution in [0.4, 0.5) is 19.0 Å². The van der Waals surface area contributed by atoms with Crippen LogP contribution in [0.2, 0.25) is 5.28 Å². The zero-order chi connectivity index (χ0) is 24.9. The highest BCUT2D eigenvalue weighted by Gasteiger charge is 2.35. The van der Waals surface area contributed by atoms with Crippen LogP contribution < -0.4 is 5.32 Å². The largest absolute Gasteiger partial charge is 0.463 e. The third-order valence-electron chi connectivity index (χ3n) is 4.72. The molecule has 0 atom stereocenters. The SMILES string of the molecule is CCOC(=O)/C=C/c1cnc(Cl)nc1NCc1ccc(-c2nc(C(F)(F)F)cn2C(C)C)cc1. The average molecular weight is 494 g/mol. The lowest BCUT2D eigenvalue weighted by Gasteiger charge is -2.12. The van der Waals surface area contributed by atoms with Gasteiger partial charge in [-0.05, 0) is 44.0 Å². The second-order valence-corrected chi connectivity index (χ2v) is 7.87. The van der Waals surface area contributed by atoms with E-state index >= 15 is 0 Å². The van der Waals surface area contributed by atoms with E-state index in [0.29, 0.717) is 23.5 Å². The van der Waals surface area contributed by atoms with Crippen LogP contribution in [0.15, 0.2) is 42.7 Å². The maximum Gasteiger partial charge on any atom is 0.434 e. The number of carbonyl (C=O) groups excluding carboxylic acids is 1. The Kier molecular flexibility index (Phi) is 7.93. The minimum atomic E-state index is -4.52. The van der Waals surface area contributed by atoms with Crippen molar-refractivity contribution in [2.45, 2.75) is 39.5 Å². The Bertz CT molecular complexity index is 1170. The first-order valence-electron chi connectivity index (χ1n) is 10.4. The van der Waals surface area contributed by atoms with Crippen molar-refractivity contribution in [3.05, 3.63) is 64.8 Å². The van der Waals surface area contributed by atoms with Gasteiger partial charge in [-0.25, -0.2) is 19.7 Å². The zero-order valence-corrected chi connectivity index (χ0v) is 19.5. The summed E-state index contributed by atoms with van der Waals surface area (Å²) in [5.74, 6) is 0.165. The molecular formula is C23H23ClF3N5O2. The number of aromatic nitrogens is 4. The van der Waals surface area contributed by atoms with E-state index in [9.17, 15) is 18.0 Å². The molecule has 3 rings (SSSR count). The third kappa shape index (κ3) is 6.34. The van der Waals surface area contributed by atoms with Gasteiger partial charge in [-0.2, -0.15) is 13.2 Å². The second kappa shape index (κ2) is 10.7. The quantitative estimate of drug-likeness (QED) is 0.243. The fourth-order valence-electron chi connectivity index (χ4n) is 3.08. The van der Waals surface area contributed by atoms with Gasteiger partial charge in [-0.1, -0.05) is 24.3 Å². The highest BCUT2D eigenvalue weighted by atomic mass is 35.5. The van der Waals surface area contributed by atoms with Gasteiger partial charge in [0.1, 0.15) is 11.6 Å². The molecule has 11 heteroatoms. The summed E-state index contributed by atoms with van der Waals surface area (Å²) in [5, 5.41) is 3.16. The van der Waals surface area contributed by atoms with Crippen LogP contribution in [-0.2, 0) is 22.3 Å². The van der Waals surface area contributed by atoms with Gasteiger partial charge in [0.15, 0.2) is 5.69 Å². The molecule has 0 amide bonds. The maximum absolute atomic E-state index is 13.2. The lowest BCUT2D eigenvalue weighted by Crippen LogP contribution is -2.05. The molecule has 0 aliphatic carbocycles. The Hall–Kier alpha value is -3.40. The molecule has 0 spiro atoms. The molecule has 1 N–H and O–H groups in total. The van der Waals surface area contributed by atoms with Crippen LogP contribution in [0.3, 0.4) is 0 Å². The first-order valence-corrected chi connectivity index (χ1v) is 10.8. The van der Waals surface area contributed by atoms with Crippen molar-refractivity contribution >= 4 is 29.5 Å². The minimum Gasteiger partial charge on any atom is -0.463 e. The zero-order valence-electron chi connectivity index (χ0n) is 18.7. The summed E-state index contributed by atoms with van der Waals surface area (Å²) in [7, 11) is 0. The monoisotopic (exact) mass is 493 g/mol. The topological polar surface area (TPSA) is 81.9 Å². The van der Waals surface area contributed by atoms with Crippen molar-refractivity contribution < 1.29 is 22.7 Å². The van der Waals surface area contributed by atoms with Gasteiger partial charge >= 0.3 is 12.1 Å². The van der Waals surface area contributed by atoms with Gasteiger partial charge in [0.25, 0.3) is 0 Å². The van der Waals surface area contributed by atoms with E-state index in [4.69, 9.17) is 16.3 Å². The van der Waals surface area contributed by atoms with E-state index in [1.54, 1.807) is 45.0 Å². The van der Waals surface area contributed by atoms with Gasteiger partial charge in [0, 0.05) is 42.2 Å². The van der Waals surface area contributed by atoms with Gasteiger partial charge < -0.3 is 14.6 Å². The number of nitrogens with zero attached hydrogens (tertiary/aromatic N) is 4. The number of alkyl halides is 3. The summed E-state index contributed by atoms with van der Waals surface area (Å²) in [6, 6.07) is 6.81. The van der Waals surface area contributed by atoms with Gasteiger partial charge in [-0.15, -0.1) is 0 Å². The van der Waals surface area contributed by atoms with Gasteiger partial charge in [-0.3, -0.25) is 0 Å². The smallest absolute Gasteiger partial charge is 0.434 e. The number of ether oxygens (including phenoxy) is 1. The standard InChI is InChI=1S/C23H23ClF3N5O2/c1-4-34-19(33)10-9-17-12-29-22(24)31-20(17)28-11-15-5-7-16(8-6-15)21-30-18(23(25,26)27)13-32(21)14(2)3/h5-10,12-14H,4,11H2,1-3H3,(H,28,29,31)/b10-9+. The summed E-state index contributed by atoms with van der Waals surface area (Å²) in [6.07, 6.45) is 0.767. The average Bonchev–Trinajstić information content (AvgIpc) is 3.24. The van der Waals surface area contributed by atoms with Crippen LogP contribution >= 0.6 is 11.6 Å². The number of benzene rings is 1. The molecule has 0 fully saturated rings. The molecule has 3 aromatic rings. The van der Waals surface area contributed by atoms with Gasteiger partial charge in [0.2, 0.25) is 5.28 Å². The Morgan fingerprint density at radius 3 is 2.56 bits per heavy atom. The third-order valence-corrected chi connectivity index (χ3v) is 4.91. The van der Waals surface area contributed by atoms with E-state index in [0.717, 1.165) is 11.8 Å². The number of hydrogen-bond acceptors (Lipinski definition) is 6. The van der Waals surface area contributed by atoms with Crippen LogP contribution in [0, 0.1) is 0 Å². The molecule has 180 valence electrons. The molecule has 2 aromatic heterocycles. The molecule has 0 radical (unpaired) electrons. The number of hydrogen-bond donors (Lipinski definition) is 1. The van der Waals surface area contributed by atoms with E-state index in [-0.39, 0.29) is 23.8 Å². The number of rotatable bonds is 8. The molecule has 7 nitrogen and oxygen atoms in total. The minimum absolute atomic E-state index is 0.0344. The normalized spacial score (nSPS) is 11.9. The van der Waals surface area contributed by atoms with E-state index in [1.165, 1.54) is 22.9 Å². The fourth-order valence-corrected chi connectivity index (χ4v) is 3.21. The molecule has 34 heavy (non-hydrogen) atoms. The molecule has 0 aliphatic heterocycles. The lowest BCUT2D eigenvalue weighted by atomic mass is 10.1. The predicted octanol–water partition coefficient (Wildman–Crippen LogP) is 5.78. The lowest BCUT2D eigenvalue weighted by molar-refractivity contribution is -0.141. The first kappa shape index (κ1) is 25.2. The summed E-state index contributed by atoms with van der Waals surface area (Å²) < 4.78 is 45.8. The summed E-state index contributed by atoms with van der Waals surface area (Å²) in [5.41, 5.74) is 1.02. The summed E-state index contributed by atoms with van der Waals surface area (Å²) >= 11 is 5.91. The Morgan fingerprint density at radius 2 is 1.94 bits per heavy atom. The molecule has 0 bridgehead atoms. The second-order valence-electron chi connectivity index (χ2n) is 7.53. The van der Waals surface area contributed by atoms with Crippen molar-refractivity contribution in [1.29, 1.82) is 0 Å². The molecule has 0 aliphatic rings. The van der Waals surface area contributed by atoms with Crippen LogP contribution in [0.1, 0.15) is 43.6 Å². The highest BCUT2D eigenvalue weighted by Crippen LogP contribution is 2.32. The number of halogens is 4. The Balaban J connectivity index is 1.78. The number of anilines is 1.